The minimum atomic E-state index is 0.484. The number of fused-ring (bicyclic) bond motifs is 1. The van der Waals surface area contributed by atoms with Crippen molar-refractivity contribution in [2.24, 2.45) is 0 Å². The zero-order valence-electron chi connectivity index (χ0n) is 12.9. The van der Waals surface area contributed by atoms with Crippen LogP contribution in [0.5, 0.6) is 0 Å². The fourth-order valence-electron chi connectivity index (χ4n) is 3.05. The maximum Gasteiger partial charge on any atom is 0.00240 e. The van der Waals surface area contributed by atoms with E-state index in [1.807, 2.05) is 0 Å². The first-order valence-corrected chi connectivity index (χ1v) is 7.94. The standard InChI is InChI=1S/C20H26/c1-4-7-11-18-15-14-17-12-8-9-13-19(17)20(18)16(6-3)10-5-2/h6,8-9,12-16H,3-5,7,10-11H2,1-2H3. The van der Waals surface area contributed by atoms with Crippen LogP contribution in [0, 0.1) is 0 Å². The number of hydrogen-bond donors (Lipinski definition) is 0. The predicted molar refractivity (Wildman–Crippen MR) is 90.4 cm³/mol. The summed E-state index contributed by atoms with van der Waals surface area (Å²) in [7, 11) is 0. The van der Waals surface area contributed by atoms with Gasteiger partial charge in [0, 0.05) is 5.92 Å². The molecule has 0 heteroatoms. The van der Waals surface area contributed by atoms with E-state index in [9.17, 15) is 0 Å². The lowest BCUT2D eigenvalue weighted by molar-refractivity contribution is 0.706. The van der Waals surface area contributed by atoms with Crippen molar-refractivity contribution in [3.05, 3.63) is 60.2 Å². The molecule has 2 rings (SSSR count). The third-order valence-corrected chi connectivity index (χ3v) is 4.12. The van der Waals surface area contributed by atoms with Gasteiger partial charge >= 0.3 is 0 Å². The van der Waals surface area contributed by atoms with Gasteiger partial charge in [0.25, 0.3) is 0 Å². The lowest BCUT2D eigenvalue weighted by atomic mass is 9.85. The van der Waals surface area contributed by atoms with E-state index in [-0.39, 0.29) is 0 Å². The van der Waals surface area contributed by atoms with Gasteiger partial charge in [-0.05, 0) is 41.2 Å². The van der Waals surface area contributed by atoms with Crippen molar-refractivity contribution in [1.82, 2.24) is 0 Å². The highest BCUT2D eigenvalue weighted by Gasteiger charge is 2.14. The molecule has 0 aliphatic rings. The highest BCUT2D eigenvalue weighted by Crippen LogP contribution is 2.33. The molecule has 2 aromatic rings. The highest BCUT2D eigenvalue weighted by molar-refractivity contribution is 5.87. The molecule has 106 valence electrons. The molecule has 0 fully saturated rings. The molecule has 0 aromatic heterocycles. The Morgan fingerprint density at radius 1 is 1.05 bits per heavy atom. The number of hydrogen-bond acceptors (Lipinski definition) is 0. The Labute approximate surface area is 123 Å². The van der Waals surface area contributed by atoms with Gasteiger partial charge < -0.3 is 0 Å². The number of aryl methyl sites for hydroxylation is 1. The molecule has 0 radical (unpaired) electrons. The largest absolute Gasteiger partial charge is 0.102 e. The number of unbranched alkanes of at least 4 members (excludes halogenated alkanes) is 1. The lowest BCUT2D eigenvalue weighted by Crippen LogP contribution is -2.02. The van der Waals surface area contributed by atoms with Gasteiger partial charge in [0.1, 0.15) is 0 Å². The molecule has 2 aromatic carbocycles. The van der Waals surface area contributed by atoms with E-state index in [0.717, 1.165) is 0 Å². The molecule has 0 bridgehead atoms. The first-order valence-electron chi connectivity index (χ1n) is 7.94. The van der Waals surface area contributed by atoms with E-state index in [4.69, 9.17) is 0 Å². The van der Waals surface area contributed by atoms with Crippen molar-refractivity contribution in [1.29, 1.82) is 0 Å². The van der Waals surface area contributed by atoms with Crippen LogP contribution in [0.3, 0.4) is 0 Å². The summed E-state index contributed by atoms with van der Waals surface area (Å²) in [6.45, 7) is 8.60. The summed E-state index contributed by atoms with van der Waals surface area (Å²) in [5.41, 5.74) is 3.04. The van der Waals surface area contributed by atoms with E-state index < -0.39 is 0 Å². The predicted octanol–water partition coefficient (Wildman–Crippen LogP) is 6.25. The molecule has 0 heterocycles. The van der Waals surface area contributed by atoms with Crippen LogP contribution in [0.4, 0.5) is 0 Å². The van der Waals surface area contributed by atoms with Crippen molar-refractivity contribution >= 4 is 10.8 Å². The zero-order valence-corrected chi connectivity index (χ0v) is 12.9. The molecule has 1 atom stereocenters. The van der Waals surface area contributed by atoms with E-state index in [0.29, 0.717) is 5.92 Å². The second kappa shape index (κ2) is 7.28. The van der Waals surface area contributed by atoms with Gasteiger partial charge in [0.15, 0.2) is 0 Å². The lowest BCUT2D eigenvalue weighted by Gasteiger charge is -2.19. The van der Waals surface area contributed by atoms with E-state index in [1.54, 1.807) is 0 Å². The molecular formula is C20H26. The molecule has 0 saturated heterocycles. The van der Waals surface area contributed by atoms with Crippen LogP contribution in [0.1, 0.15) is 56.6 Å². The molecule has 1 unspecified atom stereocenters. The van der Waals surface area contributed by atoms with Crippen molar-refractivity contribution in [2.45, 2.75) is 51.9 Å². The Kier molecular flexibility index (Phi) is 5.40. The second-order valence-corrected chi connectivity index (χ2v) is 5.59. The quantitative estimate of drug-likeness (QED) is 0.519. The molecule has 0 N–H and O–H groups in total. The van der Waals surface area contributed by atoms with Crippen molar-refractivity contribution in [3.8, 4) is 0 Å². The monoisotopic (exact) mass is 266 g/mol. The van der Waals surface area contributed by atoms with Gasteiger partial charge in [0.05, 0.1) is 0 Å². The Hall–Kier alpha value is -1.56. The van der Waals surface area contributed by atoms with Gasteiger partial charge in [-0.15, -0.1) is 6.58 Å². The Bertz CT molecular complexity index is 565. The number of benzene rings is 2. The van der Waals surface area contributed by atoms with E-state index >= 15 is 0 Å². The van der Waals surface area contributed by atoms with Crippen LogP contribution in [0.15, 0.2) is 49.1 Å². The van der Waals surface area contributed by atoms with Crippen LogP contribution in [0.25, 0.3) is 10.8 Å². The summed E-state index contributed by atoms with van der Waals surface area (Å²) in [6.07, 6.45) is 8.23. The first kappa shape index (κ1) is 14.8. The second-order valence-electron chi connectivity index (χ2n) is 5.59. The highest BCUT2D eigenvalue weighted by atomic mass is 14.2. The summed E-state index contributed by atoms with van der Waals surface area (Å²) >= 11 is 0. The van der Waals surface area contributed by atoms with Crippen LogP contribution in [-0.2, 0) is 6.42 Å². The SMILES string of the molecule is C=CC(CCC)c1c(CCCC)ccc2ccccc12. The van der Waals surface area contributed by atoms with E-state index in [1.165, 1.54) is 54.0 Å². The normalized spacial score (nSPS) is 12.5. The fourth-order valence-corrected chi connectivity index (χ4v) is 3.05. The smallest absolute Gasteiger partial charge is 0.00240 e. The summed E-state index contributed by atoms with van der Waals surface area (Å²) in [5.74, 6) is 0.484. The van der Waals surface area contributed by atoms with E-state index in [2.05, 4.69) is 62.9 Å². The first-order chi connectivity index (χ1) is 9.81. The molecule has 0 spiro atoms. The molecule has 0 aliphatic carbocycles. The van der Waals surface area contributed by atoms with Gasteiger partial charge in [-0.2, -0.15) is 0 Å². The van der Waals surface area contributed by atoms with Crippen LogP contribution >= 0.6 is 0 Å². The molecular weight excluding hydrogens is 240 g/mol. The van der Waals surface area contributed by atoms with Crippen molar-refractivity contribution in [3.63, 3.8) is 0 Å². The molecule has 0 saturated carbocycles. The number of rotatable bonds is 7. The zero-order chi connectivity index (χ0) is 14.4. The summed E-state index contributed by atoms with van der Waals surface area (Å²) in [5, 5.41) is 2.77. The third-order valence-electron chi connectivity index (χ3n) is 4.12. The average molecular weight is 266 g/mol. The topological polar surface area (TPSA) is 0 Å². The summed E-state index contributed by atoms with van der Waals surface area (Å²) in [4.78, 5) is 0. The van der Waals surface area contributed by atoms with Gasteiger partial charge in [-0.1, -0.05) is 69.2 Å². The molecule has 0 nitrogen and oxygen atoms in total. The van der Waals surface area contributed by atoms with Gasteiger partial charge in [-0.3, -0.25) is 0 Å². The molecule has 0 aliphatic heterocycles. The Morgan fingerprint density at radius 2 is 1.85 bits per heavy atom. The van der Waals surface area contributed by atoms with Gasteiger partial charge in [-0.25, -0.2) is 0 Å². The number of allylic oxidation sites excluding steroid dienone is 1. The van der Waals surface area contributed by atoms with Crippen molar-refractivity contribution in [2.75, 3.05) is 0 Å². The van der Waals surface area contributed by atoms with Gasteiger partial charge in [0.2, 0.25) is 0 Å². The average Bonchev–Trinajstić information content (AvgIpc) is 2.50. The minimum absolute atomic E-state index is 0.484. The van der Waals surface area contributed by atoms with Crippen LogP contribution in [-0.4, -0.2) is 0 Å². The summed E-state index contributed by atoms with van der Waals surface area (Å²) < 4.78 is 0. The Morgan fingerprint density at radius 3 is 2.55 bits per heavy atom. The fraction of sp³-hybridized carbons (Fsp3) is 0.400. The van der Waals surface area contributed by atoms with Crippen LogP contribution < -0.4 is 0 Å². The maximum absolute atomic E-state index is 4.08. The van der Waals surface area contributed by atoms with Crippen LogP contribution in [0.2, 0.25) is 0 Å². The summed E-state index contributed by atoms with van der Waals surface area (Å²) in [6, 6.07) is 13.4. The third kappa shape index (κ3) is 3.12. The maximum atomic E-state index is 4.08. The minimum Gasteiger partial charge on any atom is -0.102 e. The molecule has 0 amide bonds. The Balaban J connectivity index is 2.56. The van der Waals surface area contributed by atoms with Crippen molar-refractivity contribution < 1.29 is 0 Å². The molecule has 20 heavy (non-hydrogen) atoms.